The zero-order chi connectivity index (χ0) is 17.9. The number of carbonyl (C=O) groups is 1. The largest absolute Gasteiger partial charge is 0.461 e. The lowest BCUT2D eigenvalue weighted by Crippen LogP contribution is -2.16. The lowest BCUT2D eigenvalue weighted by molar-refractivity contribution is -0.137. The van der Waals surface area contributed by atoms with E-state index in [1.807, 2.05) is 0 Å². The molecule has 0 aliphatic rings. The minimum absolute atomic E-state index is 0.0910. The summed E-state index contributed by atoms with van der Waals surface area (Å²) in [7, 11) is 0. The SMILES string of the molecule is O=C(CCc1nc(-c2ccco2)no1)Nc1ccccc1C(F)(F)F. The van der Waals surface area contributed by atoms with Crippen LogP contribution in [0.25, 0.3) is 11.6 Å². The molecule has 2 aromatic heterocycles. The van der Waals surface area contributed by atoms with Gasteiger partial charge < -0.3 is 14.3 Å². The van der Waals surface area contributed by atoms with Crippen LogP contribution in [0.5, 0.6) is 0 Å². The van der Waals surface area contributed by atoms with Crippen LogP contribution < -0.4 is 5.32 Å². The fraction of sp³-hybridized carbons (Fsp3) is 0.188. The summed E-state index contributed by atoms with van der Waals surface area (Å²) < 4.78 is 48.8. The molecule has 0 aliphatic heterocycles. The van der Waals surface area contributed by atoms with Crippen LogP contribution in [-0.2, 0) is 17.4 Å². The number of alkyl halides is 3. The van der Waals surface area contributed by atoms with E-state index in [0.29, 0.717) is 5.76 Å². The summed E-state index contributed by atoms with van der Waals surface area (Å²) >= 11 is 0. The molecule has 1 N–H and O–H groups in total. The Balaban J connectivity index is 1.61. The van der Waals surface area contributed by atoms with Crippen molar-refractivity contribution in [3.63, 3.8) is 0 Å². The fourth-order valence-corrected chi connectivity index (χ4v) is 2.13. The Morgan fingerprint density at radius 1 is 1.16 bits per heavy atom. The molecular weight excluding hydrogens is 339 g/mol. The molecule has 1 amide bonds. The Bertz CT molecular complexity index is 857. The van der Waals surface area contributed by atoms with Gasteiger partial charge in [-0.1, -0.05) is 17.3 Å². The normalized spacial score (nSPS) is 11.5. The molecule has 0 spiro atoms. The molecule has 3 aromatic rings. The number of para-hydroxylation sites is 1. The van der Waals surface area contributed by atoms with E-state index in [-0.39, 0.29) is 30.2 Å². The monoisotopic (exact) mass is 351 g/mol. The minimum atomic E-state index is -4.55. The highest BCUT2D eigenvalue weighted by molar-refractivity contribution is 5.91. The van der Waals surface area contributed by atoms with Crippen molar-refractivity contribution in [2.45, 2.75) is 19.0 Å². The molecule has 3 rings (SSSR count). The first-order valence-electron chi connectivity index (χ1n) is 7.26. The predicted molar refractivity (Wildman–Crippen MR) is 80.4 cm³/mol. The van der Waals surface area contributed by atoms with Gasteiger partial charge in [0.15, 0.2) is 5.76 Å². The summed E-state index contributed by atoms with van der Waals surface area (Å²) in [4.78, 5) is 16.0. The van der Waals surface area contributed by atoms with Gasteiger partial charge in [0, 0.05) is 12.8 Å². The van der Waals surface area contributed by atoms with Crippen LogP contribution in [0, 0.1) is 0 Å². The average Bonchev–Trinajstić information content (AvgIpc) is 3.24. The zero-order valence-electron chi connectivity index (χ0n) is 12.7. The molecule has 0 saturated carbocycles. The number of carbonyl (C=O) groups excluding carboxylic acids is 1. The van der Waals surface area contributed by atoms with E-state index >= 15 is 0 Å². The van der Waals surface area contributed by atoms with Crippen molar-refractivity contribution < 1.29 is 26.9 Å². The van der Waals surface area contributed by atoms with Crippen molar-refractivity contribution in [1.29, 1.82) is 0 Å². The van der Waals surface area contributed by atoms with Gasteiger partial charge in [0.1, 0.15) is 0 Å². The minimum Gasteiger partial charge on any atom is -0.461 e. The number of benzene rings is 1. The number of anilines is 1. The average molecular weight is 351 g/mol. The number of aromatic nitrogens is 2. The maximum Gasteiger partial charge on any atom is 0.418 e. The number of nitrogens with one attached hydrogen (secondary N) is 1. The first-order valence-corrected chi connectivity index (χ1v) is 7.26. The van der Waals surface area contributed by atoms with Crippen molar-refractivity contribution in [1.82, 2.24) is 10.1 Å². The standard InChI is InChI=1S/C16H12F3N3O3/c17-16(18,19)10-4-1-2-5-11(10)20-13(23)7-8-14-21-15(22-25-14)12-6-3-9-24-12/h1-6,9H,7-8H2,(H,20,23). The lowest BCUT2D eigenvalue weighted by atomic mass is 10.1. The van der Waals surface area contributed by atoms with Gasteiger partial charge in [0.05, 0.1) is 17.5 Å². The molecule has 6 nitrogen and oxygen atoms in total. The molecular formula is C16H12F3N3O3. The number of hydrogen-bond acceptors (Lipinski definition) is 5. The van der Waals surface area contributed by atoms with E-state index in [1.54, 1.807) is 12.1 Å². The van der Waals surface area contributed by atoms with E-state index in [4.69, 9.17) is 8.94 Å². The molecule has 0 unspecified atom stereocenters. The Labute approximate surface area is 139 Å². The summed E-state index contributed by atoms with van der Waals surface area (Å²) in [5.41, 5.74) is -1.19. The van der Waals surface area contributed by atoms with Crippen LogP contribution in [0.15, 0.2) is 51.6 Å². The lowest BCUT2D eigenvalue weighted by Gasteiger charge is -2.13. The molecule has 0 aliphatic carbocycles. The van der Waals surface area contributed by atoms with Crippen LogP contribution in [0.3, 0.4) is 0 Å². The molecule has 0 bridgehead atoms. The van der Waals surface area contributed by atoms with Crippen LogP contribution in [-0.4, -0.2) is 16.0 Å². The second-order valence-corrected chi connectivity index (χ2v) is 5.08. The predicted octanol–water partition coefficient (Wildman–Crippen LogP) is 3.92. The maximum atomic E-state index is 12.9. The van der Waals surface area contributed by atoms with Crippen LogP contribution in [0.2, 0.25) is 0 Å². The molecule has 130 valence electrons. The molecule has 0 atom stereocenters. The Morgan fingerprint density at radius 3 is 2.68 bits per heavy atom. The summed E-state index contributed by atoms with van der Waals surface area (Å²) in [6.07, 6.45) is -3.11. The van der Waals surface area contributed by atoms with Gasteiger partial charge in [-0.15, -0.1) is 0 Å². The number of nitrogens with zero attached hydrogens (tertiary/aromatic N) is 2. The summed E-state index contributed by atoms with van der Waals surface area (Å²) in [6, 6.07) is 8.09. The van der Waals surface area contributed by atoms with Gasteiger partial charge in [0.2, 0.25) is 17.6 Å². The van der Waals surface area contributed by atoms with Crippen molar-refractivity contribution in [3.05, 3.63) is 54.1 Å². The van der Waals surface area contributed by atoms with Gasteiger partial charge in [-0.25, -0.2) is 0 Å². The van der Waals surface area contributed by atoms with E-state index in [2.05, 4.69) is 15.5 Å². The van der Waals surface area contributed by atoms with Crippen molar-refractivity contribution >= 4 is 11.6 Å². The molecule has 1 aromatic carbocycles. The van der Waals surface area contributed by atoms with E-state index < -0.39 is 17.6 Å². The summed E-state index contributed by atoms with van der Waals surface area (Å²) in [5.74, 6) is 0.251. The van der Waals surface area contributed by atoms with Crippen molar-refractivity contribution in [2.24, 2.45) is 0 Å². The molecule has 9 heteroatoms. The van der Waals surface area contributed by atoms with Gasteiger partial charge in [-0.05, 0) is 24.3 Å². The van der Waals surface area contributed by atoms with Gasteiger partial charge >= 0.3 is 6.18 Å². The molecule has 0 fully saturated rings. The third kappa shape index (κ3) is 4.06. The summed E-state index contributed by atoms with van der Waals surface area (Å²) in [5, 5.41) is 5.96. The van der Waals surface area contributed by atoms with Crippen LogP contribution in [0.4, 0.5) is 18.9 Å². The second-order valence-electron chi connectivity index (χ2n) is 5.08. The van der Waals surface area contributed by atoms with Crippen molar-refractivity contribution in [3.8, 4) is 11.6 Å². The third-order valence-corrected chi connectivity index (χ3v) is 3.28. The van der Waals surface area contributed by atoms with Crippen LogP contribution >= 0.6 is 0 Å². The quantitative estimate of drug-likeness (QED) is 0.753. The number of hydrogen-bond donors (Lipinski definition) is 1. The first kappa shape index (κ1) is 16.7. The summed E-state index contributed by atoms with van der Waals surface area (Å²) in [6.45, 7) is 0. The highest BCUT2D eigenvalue weighted by atomic mass is 19.4. The molecule has 0 radical (unpaired) electrons. The fourth-order valence-electron chi connectivity index (χ4n) is 2.13. The topological polar surface area (TPSA) is 81.2 Å². The number of amides is 1. The van der Waals surface area contributed by atoms with Gasteiger partial charge in [-0.2, -0.15) is 18.2 Å². The molecule has 2 heterocycles. The van der Waals surface area contributed by atoms with E-state index in [0.717, 1.165) is 6.07 Å². The van der Waals surface area contributed by atoms with E-state index in [1.165, 1.54) is 24.5 Å². The number of halogens is 3. The van der Waals surface area contributed by atoms with Crippen molar-refractivity contribution in [2.75, 3.05) is 5.32 Å². The Hall–Kier alpha value is -3.10. The first-order chi connectivity index (χ1) is 11.9. The third-order valence-electron chi connectivity index (χ3n) is 3.28. The van der Waals surface area contributed by atoms with Crippen LogP contribution in [0.1, 0.15) is 17.9 Å². The van der Waals surface area contributed by atoms with E-state index in [9.17, 15) is 18.0 Å². The highest BCUT2D eigenvalue weighted by Gasteiger charge is 2.33. The molecule has 0 saturated heterocycles. The number of rotatable bonds is 5. The Morgan fingerprint density at radius 2 is 1.96 bits per heavy atom. The Kier molecular flexibility index (Phi) is 4.55. The second kappa shape index (κ2) is 6.80. The highest BCUT2D eigenvalue weighted by Crippen LogP contribution is 2.34. The zero-order valence-corrected chi connectivity index (χ0v) is 12.7. The van der Waals surface area contributed by atoms with Gasteiger partial charge in [-0.3, -0.25) is 4.79 Å². The smallest absolute Gasteiger partial charge is 0.418 e. The maximum absolute atomic E-state index is 12.9. The van der Waals surface area contributed by atoms with Gasteiger partial charge in [0.25, 0.3) is 0 Å². The number of furan rings is 1. The molecule has 25 heavy (non-hydrogen) atoms. The number of aryl methyl sites for hydroxylation is 1.